The van der Waals surface area contributed by atoms with Gasteiger partial charge in [-0.3, -0.25) is 4.79 Å². The van der Waals surface area contributed by atoms with Crippen molar-refractivity contribution < 1.29 is 35.9 Å². The van der Waals surface area contributed by atoms with Crippen LogP contribution in [0.25, 0.3) is 0 Å². The summed E-state index contributed by atoms with van der Waals surface area (Å²) in [7, 11) is 0. The Hall–Kier alpha value is -1.73. The van der Waals surface area contributed by atoms with Crippen molar-refractivity contribution in [2.75, 3.05) is 6.61 Å². The zero-order valence-electron chi connectivity index (χ0n) is 13.4. The number of alkyl halides is 6. The molecule has 0 heterocycles. The zero-order valence-corrected chi connectivity index (χ0v) is 13.4. The van der Waals surface area contributed by atoms with Crippen LogP contribution in [0.1, 0.15) is 50.3 Å². The molecule has 0 bridgehead atoms. The Morgan fingerprint density at radius 1 is 0.833 bits per heavy atom. The van der Waals surface area contributed by atoms with E-state index in [2.05, 4.69) is 0 Å². The third-order valence-electron chi connectivity index (χ3n) is 4.01. The van der Waals surface area contributed by atoms with E-state index in [9.17, 15) is 31.1 Å². The minimum Gasteiger partial charge on any atom is -0.465 e. The van der Waals surface area contributed by atoms with Crippen LogP contribution in [0, 0.1) is 0 Å². The van der Waals surface area contributed by atoms with Gasteiger partial charge in [0.15, 0.2) is 0 Å². The Labute approximate surface area is 135 Å². The largest absolute Gasteiger partial charge is 0.465 e. The molecule has 0 atom stereocenters. The maximum atomic E-state index is 13.0. The van der Waals surface area contributed by atoms with Gasteiger partial charge >= 0.3 is 18.3 Å². The molecule has 0 aromatic heterocycles. The number of halogens is 6. The molecular weight excluding hydrogens is 338 g/mol. The fourth-order valence-electron chi connectivity index (χ4n) is 2.57. The SMILES string of the molecule is CCOC(=O)C(CC)(CC)c1cc(C(F)(F)F)cc(C(F)(F)F)c1. The molecule has 0 amide bonds. The lowest BCUT2D eigenvalue weighted by Gasteiger charge is -2.31. The standard InChI is InChI=1S/C16H18F6O2/c1-4-14(5-2,13(23)24-6-3)10-7-11(15(17,18)19)9-12(8-10)16(20,21)22/h7-9H,4-6H2,1-3H3. The van der Waals surface area contributed by atoms with Gasteiger partial charge in [-0.15, -0.1) is 0 Å². The van der Waals surface area contributed by atoms with Crippen LogP contribution in [0.4, 0.5) is 26.3 Å². The molecule has 0 spiro atoms. The van der Waals surface area contributed by atoms with E-state index >= 15 is 0 Å². The molecule has 0 saturated heterocycles. The molecule has 0 unspecified atom stereocenters. The van der Waals surface area contributed by atoms with E-state index < -0.39 is 34.9 Å². The van der Waals surface area contributed by atoms with Crippen molar-refractivity contribution in [1.29, 1.82) is 0 Å². The van der Waals surface area contributed by atoms with Crippen molar-refractivity contribution in [3.05, 3.63) is 34.9 Å². The minimum absolute atomic E-state index is 0.0148. The average molecular weight is 356 g/mol. The number of rotatable bonds is 5. The number of carbonyl (C=O) groups is 1. The second-order valence-electron chi connectivity index (χ2n) is 5.30. The zero-order chi connectivity index (χ0) is 18.8. The quantitative estimate of drug-likeness (QED) is 0.525. The van der Waals surface area contributed by atoms with Crippen LogP contribution in [0.15, 0.2) is 18.2 Å². The van der Waals surface area contributed by atoms with Crippen LogP contribution in [0.2, 0.25) is 0 Å². The van der Waals surface area contributed by atoms with Gasteiger partial charge in [0, 0.05) is 0 Å². The summed E-state index contributed by atoms with van der Waals surface area (Å²) in [5.74, 6) is -0.831. The van der Waals surface area contributed by atoms with Crippen LogP contribution in [0.3, 0.4) is 0 Å². The molecule has 1 rings (SSSR count). The summed E-state index contributed by atoms with van der Waals surface area (Å²) in [6, 6.07) is 1.24. The summed E-state index contributed by atoms with van der Waals surface area (Å²) in [6.07, 6.45) is -9.89. The highest BCUT2D eigenvalue weighted by molar-refractivity contribution is 5.83. The van der Waals surface area contributed by atoms with Gasteiger partial charge < -0.3 is 4.74 Å². The second-order valence-corrected chi connectivity index (χ2v) is 5.30. The van der Waals surface area contributed by atoms with Crippen LogP contribution in [-0.2, 0) is 27.3 Å². The Morgan fingerprint density at radius 3 is 1.50 bits per heavy atom. The summed E-state index contributed by atoms with van der Waals surface area (Å²) in [4.78, 5) is 12.3. The number of hydrogen-bond donors (Lipinski definition) is 0. The van der Waals surface area contributed by atoms with E-state index in [1.165, 1.54) is 20.8 Å². The van der Waals surface area contributed by atoms with Crippen molar-refractivity contribution >= 4 is 5.97 Å². The topological polar surface area (TPSA) is 26.3 Å². The van der Waals surface area contributed by atoms with E-state index in [0.29, 0.717) is 12.1 Å². The number of hydrogen-bond acceptors (Lipinski definition) is 2. The normalized spacial score (nSPS) is 13.0. The first-order valence-electron chi connectivity index (χ1n) is 7.39. The summed E-state index contributed by atoms with van der Waals surface area (Å²) < 4.78 is 82.9. The number of benzene rings is 1. The van der Waals surface area contributed by atoms with Crippen LogP contribution < -0.4 is 0 Å². The van der Waals surface area contributed by atoms with E-state index in [4.69, 9.17) is 4.74 Å². The molecule has 0 aliphatic heterocycles. The Morgan fingerprint density at radius 2 is 1.21 bits per heavy atom. The van der Waals surface area contributed by atoms with E-state index in [1.807, 2.05) is 0 Å². The fourth-order valence-corrected chi connectivity index (χ4v) is 2.57. The third-order valence-corrected chi connectivity index (χ3v) is 4.01. The summed E-state index contributed by atoms with van der Waals surface area (Å²) >= 11 is 0. The average Bonchev–Trinajstić information content (AvgIpc) is 2.47. The van der Waals surface area contributed by atoms with E-state index in [0.717, 1.165) is 0 Å². The first kappa shape index (κ1) is 20.3. The van der Waals surface area contributed by atoms with Gasteiger partial charge in [-0.2, -0.15) is 26.3 Å². The lowest BCUT2D eigenvalue weighted by Crippen LogP contribution is -2.37. The van der Waals surface area contributed by atoms with Gasteiger partial charge in [-0.25, -0.2) is 0 Å². The Bertz CT molecular complexity index is 553. The van der Waals surface area contributed by atoms with Gasteiger partial charge in [0.05, 0.1) is 23.1 Å². The molecule has 0 fully saturated rings. The van der Waals surface area contributed by atoms with Gasteiger partial charge in [0.25, 0.3) is 0 Å². The van der Waals surface area contributed by atoms with Gasteiger partial charge in [0.2, 0.25) is 0 Å². The van der Waals surface area contributed by atoms with Gasteiger partial charge in [0.1, 0.15) is 0 Å². The van der Waals surface area contributed by atoms with Gasteiger partial charge in [-0.1, -0.05) is 13.8 Å². The van der Waals surface area contributed by atoms with Gasteiger partial charge in [-0.05, 0) is 43.5 Å². The van der Waals surface area contributed by atoms with Crippen molar-refractivity contribution in [1.82, 2.24) is 0 Å². The van der Waals surface area contributed by atoms with Crippen molar-refractivity contribution in [3.63, 3.8) is 0 Å². The Balaban J connectivity index is 3.68. The molecule has 24 heavy (non-hydrogen) atoms. The van der Waals surface area contributed by atoms with Crippen LogP contribution in [-0.4, -0.2) is 12.6 Å². The molecule has 0 saturated carbocycles. The minimum atomic E-state index is -4.96. The van der Waals surface area contributed by atoms with Crippen LogP contribution in [0.5, 0.6) is 0 Å². The number of esters is 1. The third kappa shape index (κ3) is 4.02. The molecule has 0 aliphatic rings. The van der Waals surface area contributed by atoms with E-state index in [1.54, 1.807) is 0 Å². The molecule has 0 radical (unpaired) electrons. The molecule has 136 valence electrons. The summed E-state index contributed by atoms with van der Waals surface area (Å²) in [6.45, 7) is 4.54. The number of carbonyl (C=O) groups excluding carboxylic acids is 1. The maximum Gasteiger partial charge on any atom is 0.416 e. The highest BCUT2D eigenvalue weighted by atomic mass is 19.4. The monoisotopic (exact) mass is 356 g/mol. The summed E-state index contributed by atoms with van der Waals surface area (Å²) in [5, 5.41) is 0. The molecule has 2 nitrogen and oxygen atoms in total. The maximum absolute atomic E-state index is 13.0. The molecule has 1 aromatic carbocycles. The Kier molecular flexibility index (Phi) is 5.95. The van der Waals surface area contributed by atoms with Crippen LogP contribution >= 0.6 is 0 Å². The molecule has 0 aliphatic carbocycles. The van der Waals surface area contributed by atoms with Crippen molar-refractivity contribution in [2.24, 2.45) is 0 Å². The highest BCUT2D eigenvalue weighted by Gasteiger charge is 2.43. The smallest absolute Gasteiger partial charge is 0.416 e. The lowest BCUT2D eigenvalue weighted by atomic mass is 9.75. The summed E-state index contributed by atoms with van der Waals surface area (Å²) in [5.41, 5.74) is -4.78. The first-order valence-corrected chi connectivity index (χ1v) is 7.39. The molecule has 1 aromatic rings. The molecule has 0 N–H and O–H groups in total. The fraction of sp³-hybridized carbons (Fsp3) is 0.562. The predicted molar refractivity (Wildman–Crippen MR) is 75.3 cm³/mol. The lowest BCUT2D eigenvalue weighted by molar-refractivity contribution is -0.151. The second kappa shape index (κ2) is 7.03. The molecular formula is C16H18F6O2. The number of ether oxygens (including phenoxy) is 1. The van der Waals surface area contributed by atoms with E-state index in [-0.39, 0.29) is 31.1 Å². The first-order chi connectivity index (χ1) is 10.9. The van der Waals surface area contributed by atoms with Crippen molar-refractivity contribution in [3.8, 4) is 0 Å². The predicted octanol–water partition coefficient (Wildman–Crippen LogP) is 5.35. The highest BCUT2D eigenvalue weighted by Crippen LogP contribution is 2.41. The van der Waals surface area contributed by atoms with Crippen molar-refractivity contribution in [2.45, 2.75) is 51.4 Å². The molecule has 8 heteroatoms.